The number of hydrogen-bond acceptors (Lipinski definition) is 6. The molecular weight excluding hydrogens is 435 g/mol. The van der Waals surface area contributed by atoms with Gasteiger partial charge in [0.05, 0.1) is 12.2 Å². The Morgan fingerprint density at radius 3 is 2.74 bits per heavy atom. The number of nitrogens with zero attached hydrogens (tertiary/aromatic N) is 3. The predicted molar refractivity (Wildman–Crippen MR) is 106 cm³/mol. The minimum absolute atomic E-state index is 0.00116. The fourth-order valence-corrected chi connectivity index (χ4v) is 4.09. The highest BCUT2D eigenvalue weighted by atomic mass is 32.1. The molecule has 3 N–H and O–H groups in total. The Bertz CT molecular complexity index is 1290. The second kappa shape index (κ2) is 7.54. The molecule has 2 amide bonds. The molecule has 0 bridgehead atoms. The summed E-state index contributed by atoms with van der Waals surface area (Å²) in [5.74, 6) is -1.17. The Labute approximate surface area is 176 Å². The molecule has 4 aromatic heterocycles. The van der Waals surface area contributed by atoms with Gasteiger partial charge in [0.25, 0.3) is 11.8 Å². The number of anilines is 1. The number of alkyl halides is 3. The van der Waals surface area contributed by atoms with Crippen LogP contribution in [0.15, 0.2) is 41.1 Å². The Morgan fingerprint density at radius 2 is 2.10 bits per heavy atom. The highest BCUT2D eigenvalue weighted by molar-refractivity contribution is 7.21. The number of aromatic nitrogens is 3. The number of carbonyl (C=O) groups excluding carboxylic acids is 2. The zero-order valence-electron chi connectivity index (χ0n) is 15.9. The van der Waals surface area contributed by atoms with Crippen LogP contribution in [0.25, 0.3) is 10.2 Å². The number of primary amides is 1. The van der Waals surface area contributed by atoms with Gasteiger partial charge in [-0.25, -0.2) is 4.98 Å². The number of hydrogen-bond donors (Lipinski definition) is 2. The quantitative estimate of drug-likeness (QED) is 0.481. The van der Waals surface area contributed by atoms with E-state index in [9.17, 15) is 22.8 Å². The third kappa shape index (κ3) is 4.01. The van der Waals surface area contributed by atoms with Gasteiger partial charge in [-0.2, -0.15) is 18.3 Å². The average molecular weight is 449 g/mol. The summed E-state index contributed by atoms with van der Waals surface area (Å²) in [7, 11) is 0. The van der Waals surface area contributed by atoms with Crippen molar-refractivity contribution in [2.45, 2.75) is 19.6 Å². The van der Waals surface area contributed by atoms with Crippen molar-refractivity contribution in [2.75, 3.05) is 5.32 Å². The van der Waals surface area contributed by atoms with E-state index in [2.05, 4.69) is 15.4 Å². The number of nitrogens with two attached hydrogens (primary N) is 1. The molecule has 8 nitrogen and oxygen atoms in total. The molecule has 4 aromatic rings. The first-order valence-electron chi connectivity index (χ1n) is 8.82. The Kier molecular flexibility index (Phi) is 5.01. The van der Waals surface area contributed by atoms with Crippen LogP contribution in [0.2, 0.25) is 0 Å². The molecule has 0 saturated carbocycles. The number of fused-ring (bicyclic) bond motifs is 1. The summed E-state index contributed by atoms with van der Waals surface area (Å²) in [4.78, 5) is 28.0. The third-order valence-electron chi connectivity index (χ3n) is 4.37. The first kappa shape index (κ1) is 20.6. The Balaban J connectivity index is 1.69. The normalized spacial score (nSPS) is 11.7. The number of furan rings is 1. The standard InChI is InChI=1S/C19H14F3N5O3S/c1-9-7-12(19(20,21)22)25-18-13(9)14(15(31-18)16(23)28)26-17(29)11-4-3-10(30-11)8-27-6-2-5-24-27/h2-7H,8H2,1H3,(H2,23,28)(H,26,29). The van der Waals surface area contributed by atoms with Gasteiger partial charge in [-0.15, -0.1) is 11.3 Å². The Morgan fingerprint density at radius 1 is 1.32 bits per heavy atom. The Hall–Kier alpha value is -3.67. The molecule has 160 valence electrons. The smallest absolute Gasteiger partial charge is 0.433 e. The lowest BCUT2D eigenvalue weighted by molar-refractivity contribution is -0.141. The second-order valence-electron chi connectivity index (χ2n) is 6.60. The van der Waals surface area contributed by atoms with Gasteiger partial charge in [0.1, 0.15) is 21.2 Å². The van der Waals surface area contributed by atoms with E-state index in [1.165, 1.54) is 13.0 Å². The number of amides is 2. The van der Waals surface area contributed by atoms with Crippen molar-refractivity contribution in [1.29, 1.82) is 0 Å². The number of halogens is 3. The lowest BCUT2D eigenvalue weighted by Gasteiger charge is -2.09. The molecule has 12 heteroatoms. The molecule has 0 atom stereocenters. The number of rotatable bonds is 5. The molecule has 0 unspecified atom stereocenters. The zero-order valence-corrected chi connectivity index (χ0v) is 16.7. The van der Waals surface area contributed by atoms with Gasteiger partial charge < -0.3 is 15.5 Å². The van der Waals surface area contributed by atoms with Gasteiger partial charge in [-0.05, 0) is 36.8 Å². The number of thiophene rings is 1. The van der Waals surface area contributed by atoms with E-state index in [1.807, 2.05) is 0 Å². The van der Waals surface area contributed by atoms with Gasteiger partial charge in [0.15, 0.2) is 5.76 Å². The van der Waals surface area contributed by atoms with Crippen LogP contribution in [0, 0.1) is 6.92 Å². The highest BCUT2D eigenvalue weighted by Gasteiger charge is 2.34. The van der Waals surface area contributed by atoms with Crippen LogP contribution in [0.3, 0.4) is 0 Å². The molecule has 0 aliphatic carbocycles. The third-order valence-corrected chi connectivity index (χ3v) is 5.47. The highest BCUT2D eigenvalue weighted by Crippen LogP contribution is 2.39. The second-order valence-corrected chi connectivity index (χ2v) is 7.60. The molecule has 4 heterocycles. The molecule has 0 aliphatic rings. The van der Waals surface area contributed by atoms with Crippen LogP contribution in [-0.4, -0.2) is 26.6 Å². The zero-order chi connectivity index (χ0) is 22.3. The lowest BCUT2D eigenvalue weighted by atomic mass is 10.1. The van der Waals surface area contributed by atoms with Crippen molar-refractivity contribution >= 4 is 39.1 Å². The fourth-order valence-electron chi connectivity index (χ4n) is 3.03. The summed E-state index contributed by atoms with van der Waals surface area (Å²) >= 11 is 0.679. The van der Waals surface area contributed by atoms with Gasteiger partial charge in [0.2, 0.25) is 0 Å². The molecule has 4 rings (SSSR count). The fraction of sp³-hybridized carbons (Fsp3) is 0.158. The van der Waals surface area contributed by atoms with E-state index in [4.69, 9.17) is 10.2 Å². The van der Waals surface area contributed by atoms with E-state index in [0.29, 0.717) is 23.6 Å². The maximum absolute atomic E-state index is 13.1. The summed E-state index contributed by atoms with van der Waals surface area (Å²) in [5.41, 5.74) is 4.48. The maximum atomic E-state index is 13.1. The van der Waals surface area contributed by atoms with E-state index in [1.54, 1.807) is 29.2 Å². The predicted octanol–water partition coefficient (Wildman–Crippen LogP) is 3.81. The molecule has 31 heavy (non-hydrogen) atoms. The summed E-state index contributed by atoms with van der Waals surface area (Å²) in [6.07, 6.45) is -1.33. The summed E-state index contributed by atoms with van der Waals surface area (Å²) in [5, 5.41) is 6.79. The van der Waals surface area contributed by atoms with Gasteiger partial charge in [-0.1, -0.05) is 0 Å². The SMILES string of the molecule is Cc1cc(C(F)(F)F)nc2sc(C(N)=O)c(NC(=O)c3ccc(Cn4cccn4)o3)c12. The van der Waals surface area contributed by atoms with E-state index < -0.39 is 23.7 Å². The van der Waals surface area contributed by atoms with Crippen molar-refractivity contribution in [1.82, 2.24) is 14.8 Å². The van der Waals surface area contributed by atoms with E-state index in [0.717, 1.165) is 6.07 Å². The topological polar surface area (TPSA) is 116 Å². The van der Waals surface area contributed by atoms with E-state index in [-0.39, 0.29) is 32.1 Å². The van der Waals surface area contributed by atoms with Crippen LogP contribution in [0.1, 0.15) is 37.2 Å². The van der Waals surface area contributed by atoms with Gasteiger partial charge in [-0.3, -0.25) is 14.3 Å². The number of nitrogens with one attached hydrogen (secondary N) is 1. The van der Waals surface area contributed by atoms with Crippen molar-refractivity contribution in [3.63, 3.8) is 0 Å². The average Bonchev–Trinajstić information content (AvgIpc) is 3.41. The van der Waals surface area contributed by atoms with Crippen LogP contribution in [0.5, 0.6) is 0 Å². The van der Waals surface area contributed by atoms with Crippen molar-refractivity contribution in [3.8, 4) is 0 Å². The summed E-state index contributed by atoms with van der Waals surface area (Å²) in [6, 6.07) is 5.63. The van der Waals surface area contributed by atoms with Gasteiger partial charge in [0, 0.05) is 17.8 Å². The number of aryl methyl sites for hydroxylation is 1. The molecule has 0 radical (unpaired) electrons. The minimum atomic E-state index is -4.65. The molecule has 0 aromatic carbocycles. The van der Waals surface area contributed by atoms with Crippen molar-refractivity contribution < 1.29 is 27.2 Å². The molecule has 0 fully saturated rings. The minimum Gasteiger partial charge on any atom is -0.454 e. The maximum Gasteiger partial charge on any atom is 0.433 e. The van der Waals surface area contributed by atoms with Gasteiger partial charge >= 0.3 is 6.18 Å². The lowest BCUT2D eigenvalue weighted by Crippen LogP contribution is -2.16. The monoisotopic (exact) mass is 449 g/mol. The molecular formula is C19H14F3N5O3S. The first-order chi connectivity index (χ1) is 14.6. The van der Waals surface area contributed by atoms with Crippen LogP contribution in [0.4, 0.5) is 18.9 Å². The van der Waals surface area contributed by atoms with E-state index >= 15 is 0 Å². The summed E-state index contributed by atoms with van der Waals surface area (Å²) < 4.78 is 46.4. The first-order valence-corrected chi connectivity index (χ1v) is 9.63. The van der Waals surface area contributed by atoms with Crippen molar-refractivity contribution in [3.05, 3.63) is 64.3 Å². The van der Waals surface area contributed by atoms with Crippen LogP contribution in [-0.2, 0) is 12.7 Å². The largest absolute Gasteiger partial charge is 0.454 e. The molecule has 0 aliphatic heterocycles. The van der Waals surface area contributed by atoms with Crippen molar-refractivity contribution in [2.24, 2.45) is 5.73 Å². The summed E-state index contributed by atoms with van der Waals surface area (Å²) in [6.45, 7) is 1.74. The molecule has 0 saturated heterocycles. The van der Waals surface area contributed by atoms with Crippen LogP contribution >= 0.6 is 11.3 Å². The number of carbonyl (C=O) groups is 2. The molecule has 0 spiro atoms. The van der Waals surface area contributed by atoms with Crippen LogP contribution < -0.4 is 11.1 Å². The number of pyridine rings is 1.